The smallest absolute Gasteiger partial charge is 0.231 e. The molecule has 3 nitrogen and oxygen atoms in total. The molecule has 0 saturated carbocycles. The normalized spacial score (nSPS) is 36.1. The lowest BCUT2D eigenvalue weighted by Gasteiger charge is -2.19. The van der Waals surface area contributed by atoms with Crippen molar-refractivity contribution in [1.29, 1.82) is 0 Å². The topological polar surface area (TPSA) is 49.3 Å². The Balaban J connectivity index is 2.04. The minimum Gasteiger partial charge on any atom is -0.394 e. The highest BCUT2D eigenvalue weighted by Crippen LogP contribution is 2.36. The fourth-order valence-corrected chi connectivity index (χ4v) is 1.34. The molecule has 2 unspecified atom stereocenters. The van der Waals surface area contributed by atoms with Crippen LogP contribution < -0.4 is 5.32 Å². The number of carbonyl (C=O) groups is 1. The first-order valence-corrected chi connectivity index (χ1v) is 3.43. The van der Waals surface area contributed by atoms with Crippen molar-refractivity contribution in [3.63, 3.8) is 0 Å². The van der Waals surface area contributed by atoms with Gasteiger partial charge in [0, 0.05) is 0 Å². The Kier molecular flexibility index (Phi) is 1.08. The minimum atomic E-state index is -0.0301. The zero-order valence-corrected chi connectivity index (χ0v) is 5.50. The Morgan fingerprint density at radius 1 is 1.80 bits per heavy atom. The van der Waals surface area contributed by atoms with Crippen LogP contribution in [0.4, 0.5) is 0 Å². The van der Waals surface area contributed by atoms with Gasteiger partial charge in [-0.05, 0) is 6.42 Å². The van der Waals surface area contributed by atoms with Crippen LogP contribution in [0.1, 0.15) is 6.42 Å². The van der Waals surface area contributed by atoms with E-state index in [2.05, 4.69) is 5.32 Å². The molecule has 1 aliphatic heterocycles. The molecular weight excluding hydrogens is 130 g/mol. The quantitative estimate of drug-likeness (QED) is 0.478. The highest BCUT2D eigenvalue weighted by molar-refractivity contribution is 5.89. The van der Waals surface area contributed by atoms with Crippen molar-refractivity contribution in [3.05, 3.63) is 11.6 Å². The summed E-state index contributed by atoms with van der Waals surface area (Å²) in [7, 11) is 0. The second kappa shape index (κ2) is 1.83. The lowest BCUT2D eigenvalue weighted by molar-refractivity contribution is -0.123. The number of piperidine rings is 1. The summed E-state index contributed by atoms with van der Waals surface area (Å²) in [5.41, 5.74) is 1.20. The van der Waals surface area contributed by atoms with E-state index in [-0.39, 0.29) is 24.5 Å². The summed E-state index contributed by atoms with van der Waals surface area (Å²) in [6, 6.07) is -0.0301. The highest BCUT2D eigenvalue weighted by atomic mass is 16.3. The lowest BCUT2D eigenvalue weighted by Crippen LogP contribution is -2.42. The average Bonchev–Trinajstić information content (AvgIpc) is 2.66. The van der Waals surface area contributed by atoms with Crippen molar-refractivity contribution in [2.24, 2.45) is 5.92 Å². The van der Waals surface area contributed by atoms with Crippen molar-refractivity contribution in [3.8, 4) is 0 Å². The number of fused-ring (bicyclic) bond motifs is 1. The maximum Gasteiger partial charge on any atom is 0.231 e. The van der Waals surface area contributed by atoms with Crippen LogP contribution in [0, 0.1) is 5.92 Å². The number of aliphatic hydroxyl groups excluding tert-OH is 1. The molecule has 2 rings (SSSR count). The maximum atomic E-state index is 10.9. The summed E-state index contributed by atoms with van der Waals surface area (Å²) in [6.45, 7) is 0.0514. The molecule has 0 aromatic carbocycles. The number of rotatable bonds is 1. The van der Waals surface area contributed by atoms with Crippen LogP contribution in [0.2, 0.25) is 0 Å². The Morgan fingerprint density at radius 3 is 3.20 bits per heavy atom. The zero-order chi connectivity index (χ0) is 7.14. The third-order valence-electron chi connectivity index (χ3n) is 2.00. The Bertz CT molecular complexity index is 210. The van der Waals surface area contributed by atoms with E-state index >= 15 is 0 Å². The molecule has 1 amide bonds. The Morgan fingerprint density at radius 2 is 2.60 bits per heavy atom. The van der Waals surface area contributed by atoms with Crippen molar-refractivity contribution in [2.75, 3.05) is 6.61 Å². The van der Waals surface area contributed by atoms with E-state index < -0.39 is 0 Å². The summed E-state index contributed by atoms with van der Waals surface area (Å²) < 4.78 is 0. The standard InChI is InChI=1S/C7H9NO2/c9-3-5-1-4-2-6(4)7(10)8-5/h2,5-6,9H,1,3H2,(H,8,10). The molecule has 1 fully saturated rings. The predicted molar refractivity (Wildman–Crippen MR) is 35.2 cm³/mol. The number of hydrogen-bond acceptors (Lipinski definition) is 2. The number of hydrogen-bond donors (Lipinski definition) is 2. The Hall–Kier alpha value is -0.830. The van der Waals surface area contributed by atoms with Crippen LogP contribution in [0.5, 0.6) is 0 Å². The highest BCUT2D eigenvalue weighted by Gasteiger charge is 2.38. The molecule has 1 saturated heterocycles. The summed E-state index contributed by atoms with van der Waals surface area (Å²) in [4.78, 5) is 10.9. The number of amides is 1. The molecule has 1 aliphatic carbocycles. The van der Waals surface area contributed by atoms with Crippen LogP contribution in [-0.2, 0) is 4.79 Å². The van der Waals surface area contributed by atoms with Crippen LogP contribution in [0.15, 0.2) is 11.6 Å². The van der Waals surface area contributed by atoms with Gasteiger partial charge in [-0.15, -0.1) is 0 Å². The molecule has 0 aromatic heterocycles. The van der Waals surface area contributed by atoms with Gasteiger partial charge in [0.2, 0.25) is 5.91 Å². The van der Waals surface area contributed by atoms with Gasteiger partial charge in [0.25, 0.3) is 0 Å². The first kappa shape index (κ1) is 5.92. The van der Waals surface area contributed by atoms with Gasteiger partial charge < -0.3 is 10.4 Å². The first-order valence-electron chi connectivity index (χ1n) is 3.43. The average molecular weight is 139 g/mol. The first-order chi connectivity index (χ1) is 4.81. The van der Waals surface area contributed by atoms with Crippen LogP contribution in [0.25, 0.3) is 0 Å². The molecule has 0 aromatic rings. The third-order valence-corrected chi connectivity index (χ3v) is 2.00. The molecule has 2 atom stereocenters. The largest absolute Gasteiger partial charge is 0.394 e. The number of aliphatic hydroxyl groups is 1. The van der Waals surface area contributed by atoms with Gasteiger partial charge in [-0.1, -0.05) is 11.6 Å². The van der Waals surface area contributed by atoms with Gasteiger partial charge in [-0.3, -0.25) is 4.79 Å². The molecule has 2 aliphatic rings. The number of nitrogens with one attached hydrogen (secondary N) is 1. The van der Waals surface area contributed by atoms with E-state index in [0.29, 0.717) is 0 Å². The van der Waals surface area contributed by atoms with Crippen LogP contribution in [-0.4, -0.2) is 23.7 Å². The molecule has 0 radical (unpaired) electrons. The zero-order valence-electron chi connectivity index (χ0n) is 5.50. The Labute approximate surface area is 58.7 Å². The maximum absolute atomic E-state index is 10.9. The fourth-order valence-electron chi connectivity index (χ4n) is 1.34. The van der Waals surface area contributed by atoms with Gasteiger partial charge in [-0.25, -0.2) is 0 Å². The van der Waals surface area contributed by atoms with Crippen molar-refractivity contribution in [2.45, 2.75) is 12.5 Å². The summed E-state index contributed by atoms with van der Waals surface area (Å²) in [6.07, 6.45) is 2.79. The lowest BCUT2D eigenvalue weighted by atomic mass is 10.1. The number of carbonyl (C=O) groups excluding carboxylic acids is 1. The summed E-state index contributed by atoms with van der Waals surface area (Å²) >= 11 is 0. The molecule has 0 bridgehead atoms. The predicted octanol–water partition coefficient (Wildman–Crippen LogP) is -0.577. The van der Waals surface area contributed by atoms with Crippen molar-refractivity contribution >= 4 is 5.91 Å². The van der Waals surface area contributed by atoms with E-state index in [1.54, 1.807) is 0 Å². The van der Waals surface area contributed by atoms with Crippen molar-refractivity contribution < 1.29 is 9.90 Å². The van der Waals surface area contributed by atoms with E-state index in [9.17, 15) is 4.79 Å². The van der Waals surface area contributed by atoms with E-state index in [4.69, 9.17) is 5.11 Å². The second-order valence-corrected chi connectivity index (χ2v) is 2.81. The van der Waals surface area contributed by atoms with E-state index in [1.165, 1.54) is 5.57 Å². The fraction of sp³-hybridized carbons (Fsp3) is 0.571. The van der Waals surface area contributed by atoms with Crippen LogP contribution >= 0.6 is 0 Å². The van der Waals surface area contributed by atoms with Gasteiger partial charge in [-0.2, -0.15) is 0 Å². The van der Waals surface area contributed by atoms with E-state index in [1.807, 2.05) is 6.08 Å². The molecule has 0 spiro atoms. The molecule has 3 heteroatoms. The van der Waals surface area contributed by atoms with Gasteiger partial charge >= 0.3 is 0 Å². The second-order valence-electron chi connectivity index (χ2n) is 2.81. The van der Waals surface area contributed by atoms with Crippen molar-refractivity contribution in [1.82, 2.24) is 5.32 Å². The summed E-state index contributed by atoms with van der Waals surface area (Å²) in [5, 5.41) is 11.4. The minimum absolute atomic E-state index is 0.0301. The molecule has 1 heterocycles. The van der Waals surface area contributed by atoms with E-state index in [0.717, 1.165) is 6.42 Å². The van der Waals surface area contributed by atoms with Gasteiger partial charge in [0.15, 0.2) is 0 Å². The summed E-state index contributed by atoms with van der Waals surface area (Å²) in [5.74, 6) is 0.142. The molecular formula is C7H9NO2. The molecule has 2 N–H and O–H groups in total. The SMILES string of the molecule is O=C1NC(CO)CC2=CC12. The van der Waals surface area contributed by atoms with Gasteiger partial charge in [0.05, 0.1) is 18.6 Å². The molecule has 54 valence electrons. The van der Waals surface area contributed by atoms with Gasteiger partial charge in [0.1, 0.15) is 0 Å². The van der Waals surface area contributed by atoms with Crippen LogP contribution in [0.3, 0.4) is 0 Å². The third kappa shape index (κ3) is 0.743. The molecule has 10 heavy (non-hydrogen) atoms. The monoisotopic (exact) mass is 139 g/mol.